The summed E-state index contributed by atoms with van der Waals surface area (Å²) < 4.78 is 40.1. The summed E-state index contributed by atoms with van der Waals surface area (Å²) in [7, 11) is 1.02. The van der Waals surface area contributed by atoms with Crippen molar-refractivity contribution in [1.29, 1.82) is 0 Å². The topological polar surface area (TPSA) is 55.4 Å². The van der Waals surface area contributed by atoms with Gasteiger partial charge in [0.15, 0.2) is 0 Å². The van der Waals surface area contributed by atoms with Gasteiger partial charge in [0.25, 0.3) is 0 Å². The highest BCUT2D eigenvalue weighted by Gasteiger charge is 2.41. The number of amides is 1. The van der Waals surface area contributed by atoms with Gasteiger partial charge in [0.05, 0.1) is 7.11 Å². The Kier molecular flexibility index (Phi) is 5.00. The molecule has 0 aromatic rings. The summed E-state index contributed by atoms with van der Waals surface area (Å²) in [5, 5.41) is 1.55. The van der Waals surface area contributed by atoms with Crippen molar-refractivity contribution in [1.82, 2.24) is 5.32 Å². The smallest absolute Gasteiger partial charge is 0.467 e. The largest absolute Gasteiger partial charge is 0.471 e. The molecule has 1 N–H and O–H groups in total. The first-order valence-electron chi connectivity index (χ1n) is 4.32. The zero-order chi connectivity index (χ0) is 12.9. The van der Waals surface area contributed by atoms with Crippen molar-refractivity contribution in [2.75, 3.05) is 7.11 Å². The van der Waals surface area contributed by atoms with E-state index in [9.17, 15) is 22.8 Å². The lowest BCUT2D eigenvalue weighted by atomic mass is 10.0. The Labute approximate surface area is 90.5 Å². The lowest BCUT2D eigenvalue weighted by Gasteiger charge is -2.20. The molecule has 0 saturated carbocycles. The van der Waals surface area contributed by atoms with Crippen LogP contribution in [0.15, 0.2) is 12.7 Å². The predicted molar refractivity (Wildman–Crippen MR) is 49.4 cm³/mol. The number of carbonyl (C=O) groups is 2. The molecule has 1 amide bonds. The minimum Gasteiger partial charge on any atom is -0.467 e. The summed E-state index contributed by atoms with van der Waals surface area (Å²) in [5.74, 6) is -3.81. The number of alkyl halides is 3. The third kappa shape index (κ3) is 3.92. The van der Waals surface area contributed by atoms with Gasteiger partial charge in [-0.2, -0.15) is 13.2 Å². The molecule has 0 aliphatic rings. The van der Waals surface area contributed by atoms with Gasteiger partial charge in [0.1, 0.15) is 6.04 Å². The van der Waals surface area contributed by atoms with Gasteiger partial charge in [-0.25, -0.2) is 4.79 Å². The fourth-order valence-electron chi connectivity index (χ4n) is 0.891. The van der Waals surface area contributed by atoms with Crippen LogP contribution in [0, 0.1) is 5.92 Å². The van der Waals surface area contributed by atoms with Gasteiger partial charge in [0.2, 0.25) is 0 Å². The highest BCUT2D eigenvalue weighted by molar-refractivity contribution is 5.87. The van der Waals surface area contributed by atoms with Crippen LogP contribution in [0.1, 0.15) is 6.92 Å². The van der Waals surface area contributed by atoms with Crippen molar-refractivity contribution in [3.8, 4) is 0 Å². The maximum Gasteiger partial charge on any atom is 0.471 e. The molecule has 92 valence electrons. The quantitative estimate of drug-likeness (QED) is 0.588. The third-order valence-corrected chi connectivity index (χ3v) is 1.90. The van der Waals surface area contributed by atoms with Crippen LogP contribution in [-0.2, 0) is 14.3 Å². The maximum absolute atomic E-state index is 12.0. The van der Waals surface area contributed by atoms with Crippen LogP contribution in [0.25, 0.3) is 0 Å². The molecular weight excluding hydrogens is 227 g/mol. The average molecular weight is 239 g/mol. The summed E-state index contributed by atoms with van der Waals surface area (Å²) in [6, 6.07) is -1.39. The van der Waals surface area contributed by atoms with Crippen LogP contribution in [0.5, 0.6) is 0 Å². The molecular formula is C9H12F3NO3. The molecule has 0 saturated heterocycles. The van der Waals surface area contributed by atoms with Crippen LogP contribution < -0.4 is 5.32 Å². The lowest BCUT2D eigenvalue weighted by Crippen LogP contribution is -2.49. The van der Waals surface area contributed by atoms with Crippen molar-refractivity contribution in [2.24, 2.45) is 5.92 Å². The Morgan fingerprint density at radius 2 is 1.94 bits per heavy atom. The summed E-state index contributed by atoms with van der Waals surface area (Å²) >= 11 is 0. The summed E-state index contributed by atoms with van der Waals surface area (Å²) in [4.78, 5) is 21.8. The van der Waals surface area contributed by atoms with Crippen molar-refractivity contribution in [2.45, 2.75) is 19.1 Å². The number of halogens is 3. The number of hydrogen-bond donors (Lipinski definition) is 1. The van der Waals surface area contributed by atoms with E-state index in [1.54, 1.807) is 5.32 Å². The molecule has 0 heterocycles. The van der Waals surface area contributed by atoms with E-state index >= 15 is 0 Å². The molecule has 2 atom stereocenters. The van der Waals surface area contributed by atoms with E-state index in [1.165, 1.54) is 13.0 Å². The first-order chi connectivity index (χ1) is 7.23. The molecule has 7 heteroatoms. The Balaban J connectivity index is 4.75. The molecule has 4 nitrogen and oxygen atoms in total. The normalized spacial score (nSPS) is 14.8. The number of nitrogens with one attached hydrogen (secondary N) is 1. The monoisotopic (exact) mass is 239 g/mol. The minimum atomic E-state index is -5.03. The second kappa shape index (κ2) is 5.53. The van der Waals surface area contributed by atoms with Gasteiger partial charge in [0, 0.05) is 5.92 Å². The Bertz CT molecular complexity index is 288. The molecule has 0 unspecified atom stereocenters. The van der Waals surface area contributed by atoms with Crippen LogP contribution in [0.2, 0.25) is 0 Å². The maximum atomic E-state index is 12.0. The van der Waals surface area contributed by atoms with Gasteiger partial charge in [-0.3, -0.25) is 4.79 Å². The van der Waals surface area contributed by atoms with Crippen molar-refractivity contribution in [3.05, 3.63) is 12.7 Å². The second-order valence-electron chi connectivity index (χ2n) is 3.07. The van der Waals surface area contributed by atoms with E-state index in [1.807, 2.05) is 0 Å². The van der Waals surface area contributed by atoms with Crippen LogP contribution >= 0.6 is 0 Å². The molecule has 0 aliphatic carbocycles. The van der Waals surface area contributed by atoms with Crippen molar-refractivity contribution in [3.63, 3.8) is 0 Å². The molecule has 16 heavy (non-hydrogen) atoms. The minimum absolute atomic E-state index is 0.668. The van der Waals surface area contributed by atoms with Gasteiger partial charge < -0.3 is 10.1 Å². The number of rotatable bonds is 4. The van der Waals surface area contributed by atoms with Gasteiger partial charge in [-0.1, -0.05) is 13.0 Å². The third-order valence-electron chi connectivity index (χ3n) is 1.90. The lowest BCUT2D eigenvalue weighted by molar-refractivity contribution is -0.176. The highest BCUT2D eigenvalue weighted by atomic mass is 19.4. The molecule has 0 bridgehead atoms. The number of ether oxygens (including phenoxy) is 1. The number of carbonyl (C=O) groups excluding carboxylic acids is 2. The van der Waals surface area contributed by atoms with Crippen molar-refractivity contribution < 1.29 is 27.5 Å². The predicted octanol–water partition coefficient (Wildman–Crippen LogP) is 1.03. The second-order valence-corrected chi connectivity index (χ2v) is 3.07. The molecule has 0 rings (SSSR count). The number of methoxy groups -OCH3 is 1. The number of hydrogen-bond acceptors (Lipinski definition) is 3. The fourth-order valence-corrected chi connectivity index (χ4v) is 0.891. The Morgan fingerprint density at radius 1 is 1.44 bits per heavy atom. The summed E-state index contributed by atoms with van der Waals surface area (Å²) in [6.07, 6.45) is -3.79. The van der Waals surface area contributed by atoms with Crippen LogP contribution in [0.4, 0.5) is 13.2 Å². The van der Waals surface area contributed by atoms with Gasteiger partial charge in [-0.05, 0) is 0 Å². The molecule has 0 aliphatic heterocycles. The van der Waals surface area contributed by atoms with Crippen LogP contribution in [-0.4, -0.2) is 31.2 Å². The van der Waals surface area contributed by atoms with E-state index in [2.05, 4.69) is 11.3 Å². The van der Waals surface area contributed by atoms with E-state index in [0.717, 1.165) is 7.11 Å². The summed E-state index contributed by atoms with van der Waals surface area (Å²) in [5.41, 5.74) is 0. The van der Waals surface area contributed by atoms with Crippen LogP contribution in [0.3, 0.4) is 0 Å². The van der Waals surface area contributed by atoms with Gasteiger partial charge in [-0.15, -0.1) is 6.58 Å². The van der Waals surface area contributed by atoms with E-state index in [4.69, 9.17) is 0 Å². The zero-order valence-electron chi connectivity index (χ0n) is 8.80. The molecule has 0 fully saturated rings. The van der Waals surface area contributed by atoms with Gasteiger partial charge >= 0.3 is 18.1 Å². The van der Waals surface area contributed by atoms with E-state index < -0.39 is 30.0 Å². The molecule has 0 spiro atoms. The molecule has 0 aromatic heterocycles. The van der Waals surface area contributed by atoms with E-state index in [0.29, 0.717) is 0 Å². The highest BCUT2D eigenvalue weighted by Crippen LogP contribution is 2.16. The molecule has 0 radical (unpaired) electrons. The Hall–Kier alpha value is -1.53. The van der Waals surface area contributed by atoms with E-state index in [-0.39, 0.29) is 0 Å². The SMILES string of the molecule is C=C[C@@H](C)[C@H](NC(=O)C(F)(F)F)C(=O)OC. The Morgan fingerprint density at radius 3 is 2.25 bits per heavy atom. The molecule has 0 aromatic carbocycles. The van der Waals surface area contributed by atoms with Crippen molar-refractivity contribution >= 4 is 11.9 Å². The number of esters is 1. The fraction of sp³-hybridized carbons (Fsp3) is 0.556. The standard InChI is InChI=1S/C9H12F3NO3/c1-4-5(2)6(7(14)16-3)13-8(15)9(10,11)12/h4-6H,1H2,2-3H3,(H,13,15)/t5-,6+/m1/s1. The summed E-state index contributed by atoms with van der Waals surface area (Å²) in [6.45, 7) is 4.76. The zero-order valence-corrected chi connectivity index (χ0v) is 8.80. The first kappa shape index (κ1) is 14.5. The average Bonchev–Trinajstić information content (AvgIpc) is 2.21. The first-order valence-corrected chi connectivity index (χ1v) is 4.32.